The maximum Gasteiger partial charge on any atom is 0.227 e. The van der Waals surface area contributed by atoms with Crippen LogP contribution in [0.5, 0.6) is 11.5 Å². The molecule has 4 N–H and O–H groups in total. The second kappa shape index (κ2) is 9.98. The molecule has 1 unspecified atom stereocenters. The minimum Gasteiger partial charge on any atom is -0.457 e. The number of benzene rings is 2. The molecule has 2 heterocycles. The Labute approximate surface area is 217 Å². The summed E-state index contributed by atoms with van der Waals surface area (Å²) in [4.78, 5) is 29.3. The summed E-state index contributed by atoms with van der Waals surface area (Å²) in [5.74, 6) is 1.87. The van der Waals surface area contributed by atoms with Crippen LogP contribution in [0.3, 0.4) is 0 Å². The number of carbonyl (C=O) groups excluding carboxylic acids is 2. The number of nitrogens with one attached hydrogen (secondary N) is 2. The molecule has 0 bridgehead atoms. The predicted octanol–water partition coefficient (Wildman–Crippen LogP) is 5.26. The number of anilines is 2. The van der Waals surface area contributed by atoms with E-state index in [2.05, 4.69) is 54.6 Å². The average Bonchev–Trinajstić information content (AvgIpc) is 2.87. The van der Waals surface area contributed by atoms with Crippen molar-refractivity contribution in [3.8, 4) is 11.5 Å². The van der Waals surface area contributed by atoms with Crippen LogP contribution in [0.2, 0.25) is 0 Å². The first-order chi connectivity index (χ1) is 17.7. The molecule has 0 saturated carbocycles. The third-order valence-corrected chi connectivity index (χ3v) is 7.24. The normalized spacial score (nSPS) is 16.9. The first-order valence-corrected chi connectivity index (χ1v) is 12.9. The van der Waals surface area contributed by atoms with E-state index in [1.165, 1.54) is 5.56 Å². The number of hydrogen-bond donors (Lipinski definition) is 3. The van der Waals surface area contributed by atoms with Crippen molar-refractivity contribution in [3.63, 3.8) is 0 Å². The molecule has 192 valence electrons. The third-order valence-electron chi connectivity index (χ3n) is 7.24. The molecule has 1 aliphatic heterocycles. The first kappa shape index (κ1) is 25.0. The van der Waals surface area contributed by atoms with Gasteiger partial charge in [0.15, 0.2) is 0 Å². The van der Waals surface area contributed by atoms with Gasteiger partial charge in [0.1, 0.15) is 17.3 Å². The van der Waals surface area contributed by atoms with Crippen molar-refractivity contribution in [2.24, 2.45) is 11.7 Å². The molecule has 0 radical (unpaired) electrons. The molecule has 7 nitrogen and oxygen atoms in total. The number of nitrogens with two attached hydrogens (primary N) is 1. The van der Waals surface area contributed by atoms with Gasteiger partial charge in [0, 0.05) is 36.3 Å². The summed E-state index contributed by atoms with van der Waals surface area (Å²) in [5, 5.41) is 5.97. The van der Waals surface area contributed by atoms with Crippen LogP contribution in [0.1, 0.15) is 61.4 Å². The Balaban J connectivity index is 1.31. The maximum atomic E-state index is 13.3. The fraction of sp³-hybridized carbons (Fsp3) is 0.367. The molecule has 2 aliphatic rings. The van der Waals surface area contributed by atoms with Gasteiger partial charge >= 0.3 is 0 Å². The first-order valence-electron chi connectivity index (χ1n) is 12.9. The van der Waals surface area contributed by atoms with E-state index in [0.29, 0.717) is 37.4 Å². The number of fused-ring (bicyclic) bond motifs is 2. The molecule has 7 heteroatoms. The highest BCUT2D eigenvalue weighted by molar-refractivity contribution is 5.94. The molecular formula is C30H34N4O3. The number of aromatic nitrogens is 1. The van der Waals surface area contributed by atoms with Crippen LogP contribution < -0.4 is 21.1 Å². The van der Waals surface area contributed by atoms with Crippen LogP contribution in [-0.2, 0) is 40.8 Å². The summed E-state index contributed by atoms with van der Waals surface area (Å²) in [5.41, 5.74) is 12.1. The summed E-state index contributed by atoms with van der Waals surface area (Å²) < 4.78 is 6.24. The minimum absolute atomic E-state index is 0.0281. The second-order valence-corrected chi connectivity index (χ2v) is 11.0. The van der Waals surface area contributed by atoms with E-state index in [-0.39, 0.29) is 23.1 Å². The lowest BCUT2D eigenvalue weighted by Gasteiger charge is -2.26. The largest absolute Gasteiger partial charge is 0.457 e. The summed E-state index contributed by atoms with van der Waals surface area (Å²) in [7, 11) is 0. The summed E-state index contributed by atoms with van der Waals surface area (Å²) in [6.45, 7) is 6.90. The fourth-order valence-corrected chi connectivity index (χ4v) is 5.06. The second-order valence-electron chi connectivity index (χ2n) is 11.0. The average molecular weight is 499 g/mol. The van der Waals surface area contributed by atoms with Crippen molar-refractivity contribution in [3.05, 3.63) is 76.5 Å². The SMILES string of the molecule is CC(C)(C)c1cc(CN)cc(NC(=O)C2CCc3ccc(Oc4ccnc5c4CCC(=O)N5)cc3C2)c1. The lowest BCUT2D eigenvalue weighted by atomic mass is 9.83. The number of carbonyl (C=O) groups is 2. The highest BCUT2D eigenvalue weighted by Gasteiger charge is 2.26. The van der Waals surface area contributed by atoms with Crippen molar-refractivity contribution in [1.29, 1.82) is 0 Å². The number of pyridine rings is 1. The zero-order chi connectivity index (χ0) is 26.2. The maximum absolute atomic E-state index is 13.3. The number of ether oxygens (including phenoxy) is 1. The molecule has 5 rings (SSSR count). The van der Waals surface area contributed by atoms with Gasteiger partial charge < -0.3 is 21.1 Å². The van der Waals surface area contributed by atoms with Crippen molar-refractivity contribution in [2.75, 3.05) is 10.6 Å². The van der Waals surface area contributed by atoms with Gasteiger partial charge in [-0.2, -0.15) is 0 Å². The zero-order valence-corrected chi connectivity index (χ0v) is 21.7. The Morgan fingerprint density at radius 2 is 1.95 bits per heavy atom. The van der Waals surface area contributed by atoms with Gasteiger partial charge in [-0.15, -0.1) is 0 Å². The van der Waals surface area contributed by atoms with Crippen molar-refractivity contribution >= 4 is 23.3 Å². The van der Waals surface area contributed by atoms with E-state index in [9.17, 15) is 9.59 Å². The Hall–Kier alpha value is -3.71. The topological polar surface area (TPSA) is 106 Å². The van der Waals surface area contributed by atoms with Crippen LogP contribution in [0.25, 0.3) is 0 Å². The molecule has 37 heavy (non-hydrogen) atoms. The molecular weight excluding hydrogens is 464 g/mol. The van der Waals surface area contributed by atoms with Gasteiger partial charge in [-0.25, -0.2) is 4.98 Å². The monoisotopic (exact) mass is 498 g/mol. The summed E-state index contributed by atoms with van der Waals surface area (Å²) in [6.07, 6.45) is 4.97. The number of hydrogen-bond acceptors (Lipinski definition) is 5. The van der Waals surface area contributed by atoms with Crippen LogP contribution in [0.4, 0.5) is 11.5 Å². The van der Waals surface area contributed by atoms with Crippen molar-refractivity contribution in [1.82, 2.24) is 4.98 Å². The smallest absolute Gasteiger partial charge is 0.227 e. The van der Waals surface area contributed by atoms with Crippen molar-refractivity contribution in [2.45, 2.75) is 64.8 Å². The van der Waals surface area contributed by atoms with Gasteiger partial charge in [0.25, 0.3) is 0 Å². The molecule has 1 atom stereocenters. The van der Waals surface area contributed by atoms with Crippen LogP contribution >= 0.6 is 0 Å². The van der Waals surface area contributed by atoms with Crippen LogP contribution in [0.15, 0.2) is 48.7 Å². The number of amides is 2. The van der Waals surface area contributed by atoms with E-state index in [1.54, 1.807) is 6.20 Å². The van der Waals surface area contributed by atoms with E-state index < -0.39 is 0 Å². The molecule has 0 spiro atoms. The predicted molar refractivity (Wildman–Crippen MR) is 145 cm³/mol. The Morgan fingerprint density at radius 1 is 1.11 bits per heavy atom. The summed E-state index contributed by atoms with van der Waals surface area (Å²) in [6, 6.07) is 14.1. The highest BCUT2D eigenvalue weighted by atomic mass is 16.5. The van der Waals surface area contributed by atoms with E-state index in [4.69, 9.17) is 10.5 Å². The molecule has 3 aromatic rings. The van der Waals surface area contributed by atoms with Crippen LogP contribution in [-0.4, -0.2) is 16.8 Å². The quantitative estimate of drug-likeness (QED) is 0.445. The van der Waals surface area contributed by atoms with Crippen LogP contribution in [0, 0.1) is 5.92 Å². The van der Waals surface area contributed by atoms with E-state index >= 15 is 0 Å². The molecule has 0 saturated heterocycles. The van der Waals surface area contributed by atoms with Gasteiger partial charge in [-0.05, 0) is 83.7 Å². The lowest BCUT2D eigenvalue weighted by molar-refractivity contribution is -0.120. The highest BCUT2D eigenvalue weighted by Crippen LogP contribution is 2.35. The van der Waals surface area contributed by atoms with Gasteiger partial charge in [0.05, 0.1) is 0 Å². The molecule has 0 fully saturated rings. The zero-order valence-electron chi connectivity index (χ0n) is 21.7. The van der Waals surface area contributed by atoms with Gasteiger partial charge in [0.2, 0.25) is 11.8 Å². The number of nitrogens with zero attached hydrogens (tertiary/aromatic N) is 1. The summed E-state index contributed by atoms with van der Waals surface area (Å²) >= 11 is 0. The minimum atomic E-state index is -0.119. The van der Waals surface area contributed by atoms with E-state index in [0.717, 1.165) is 46.5 Å². The van der Waals surface area contributed by atoms with Gasteiger partial charge in [-0.3, -0.25) is 9.59 Å². The van der Waals surface area contributed by atoms with Crippen molar-refractivity contribution < 1.29 is 14.3 Å². The standard InChI is InChI=1S/C30H34N4O3/c1-30(2,3)22-12-18(17-31)13-23(16-22)33-29(36)20-5-4-19-6-7-24(15-21(19)14-20)37-26-10-11-32-28-25(26)8-9-27(35)34-28/h6-7,10-13,15-16,20H,4-5,8-9,14,17,31H2,1-3H3,(H,33,36)(H,32,34,35). The number of rotatable bonds is 5. The Morgan fingerprint density at radius 3 is 2.73 bits per heavy atom. The Kier molecular flexibility index (Phi) is 6.73. The molecule has 2 aromatic carbocycles. The number of aryl methyl sites for hydroxylation is 1. The molecule has 1 aromatic heterocycles. The van der Waals surface area contributed by atoms with E-state index in [1.807, 2.05) is 24.3 Å². The molecule has 2 amide bonds. The molecule has 1 aliphatic carbocycles. The lowest BCUT2D eigenvalue weighted by Crippen LogP contribution is -2.28. The fourth-order valence-electron chi connectivity index (χ4n) is 5.06. The third kappa shape index (κ3) is 5.52. The van der Waals surface area contributed by atoms with Gasteiger partial charge in [-0.1, -0.05) is 32.9 Å². The Bertz CT molecular complexity index is 1360.